The maximum Gasteiger partial charge on any atom is 0.257 e. The Kier molecular flexibility index (Phi) is 5.50. The van der Waals surface area contributed by atoms with Gasteiger partial charge in [0.05, 0.1) is 10.4 Å². The zero-order valence-corrected chi connectivity index (χ0v) is 15.0. The Labute approximate surface area is 151 Å². The highest BCUT2D eigenvalue weighted by molar-refractivity contribution is 7.92. The van der Waals surface area contributed by atoms with E-state index >= 15 is 0 Å². The van der Waals surface area contributed by atoms with Gasteiger partial charge in [-0.15, -0.1) is 12.4 Å². The molecule has 136 valence electrons. The molecule has 1 aliphatic carbocycles. The first-order chi connectivity index (χ1) is 11.3. The third kappa shape index (κ3) is 4.00. The van der Waals surface area contributed by atoms with E-state index in [9.17, 15) is 13.2 Å². The summed E-state index contributed by atoms with van der Waals surface area (Å²) in [7, 11) is -3.74. The number of hydrogen-bond donors (Lipinski definition) is 2. The Balaban J connectivity index is 0.00000225. The number of aromatic nitrogens is 2. The quantitative estimate of drug-likeness (QED) is 0.784. The van der Waals surface area contributed by atoms with Crippen LogP contribution in [-0.4, -0.2) is 30.2 Å². The van der Waals surface area contributed by atoms with Gasteiger partial charge in [-0.2, -0.15) is 4.98 Å². The number of nitrogens with zero attached hydrogens (tertiary/aromatic N) is 2. The number of hydrogen-bond acceptors (Lipinski definition) is 7. The van der Waals surface area contributed by atoms with Crippen LogP contribution in [-0.2, 0) is 20.2 Å². The predicted octanol–water partition coefficient (Wildman–Crippen LogP) is 1.15. The minimum absolute atomic E-state index is 0. The van der Waals surface area contributed by atoms with Crippen LogP contribution in [0.2, 0.25) is 0 Å². The SMILES string of the molecule is Cl.NC(=O)CS(=O)(=O)c1ccc(-c2nc(C3(N)CCCC3)no2)cc1. The number of carbonyl (C=O) groups is 1. The van der Waals surface area contributed by atoms with Crippen molar-refractivity contribution in [1.29, 1.82) is 0 Å². The minimum atomic E-state index is -3.74. The first kappa shape index (κ1) is 19.4. The predicted molar refractivity (Wildman–Crippen MR) is 92.6 cm³/mol. The van der Waals surface area contributed by atoms with E-state index in [0.717, 1.165) is 25.7 Å². The number of sulfone groups is 1. The van der Waals surface area contributed by atoms with Crippen LogP contribution in [0.25, 0.3) is 11.5 Å². The normalized spacial score (nSPS) is 16.4. The van der Waals surface area contributed by atoms with Gasteiger partial charge in [0.15, 0.2) is 15.7 Å². The molecular weight excluding hydrogens is 368 g/mol. The van der Waals surface area contributed by atoms with Crippen molar-refractivity contribution in [3.05, 3.63) is 30.1 Å². The molecule has 1 aromatic carbocycles. The number of primary amides is 1. The molecule has 0 aliphatic heterocycles. The third-order valence-corrected chi connectivity index (χ3v) is 5.81. The van der Waals surface area contributed by atoms with Gasteiger partial charge < -0.3 is 16.0 Å². The Morgan fingerprint density at radius 2 is 1.80 bits per heavy atom. The van der Waals surface area contributed by atoms with Gasteiger partial charge in [-0.1, -0.05) is 18.0 Å². The van der Waals surface area contributed by atoms with Crippen LogP contribution in [0.1, 0.15) is 31.5 Å². The molecule has 10 heteroatoms. The van der Waals surface area contributed by atoms with Crippen molar-refractivity contribution in [2.45, 2.75) is 36.1 Å². The number of benzene rings is 1. The average Bonchev–Trinajstić information content (AvgIpc) is 3.16. The fourth-order valence-electron chi connectivity index (χ4n) is 2.85. The molecule has 4 N–H and O–H groups in total. The molecule has 8 nitrogen and oxygen atoms in total. The monoisotopic (exact) mass is 386 g/mol. The van der Waals surface area contributed by atoms with Crippen LogP contribution < -0.4 is 11.5 Å². The molecule has 1 aromatic heterocycles. The van der Waals surface area contributed by atoms with Crippen LogP contribution in [0, 0.1) is 0 Å². The van der Waals surface area contributed by atoms with Gasteiger partial charge >= 0.3 is 0 Å². The highest BCUT2D eigenvalue weighted by Crippen LogP contribution is 2.35. The van der Waals surface area contributed by atoms with Crippen molar-refractivity contribution in [1.82, 2.24) is 10.1 Å². The van der Waals surface area contributed by atoms with Gasteiger partial charge in [-0.25, -0.2) is 8.42 Å². The molecule has 0 atom stereocenters. The summed E-state index contributed by atoms with van der Waals surface area (Å²) in [5, 5.41) is 3.97. The minimum Gasteiger partial charge on any atom is -0.369 e. The molecule has 1 aliphatic rings. The number of carbonyl (C=O) groups excluding carboxylic acids is 1. The Hall–Kier alpha value is -1.97. The topological polar surface area (TPSA) is 142 Å². The van der Waals surface area contributed by atoms with Crippen molar-refractivity contribution in [3.8, 4) is 11.5 Å². The molecular formula is C15H19ClN4O4S. The fourth-order valence-corrected chi connectivity index (χ4v) is 3.94. The van der Waals surface area contributed by atoms with Crippen molar-refractivity contribution in [2.24, 2.45) is 11.5 Å². The number of amides is 1. The molecule has 2 aromatic rings. The first-order valence-electron chi connectivity index (χ1n) is 7.55. The summed E-state index contributed by atoms with van der Waals surface area (Å²) >= 11 is 0. The number of rotatable bonds is 5. The van der Waals surface area contributed by atoms with Crippen LogP contribution in [0.5, 0.6) is 0 Å². The van der Waals surface area contributed by atoms with E-state index in [1.54, 1.807) is 12.1 Å². The van der Waals surface area contributed by atoms with Gasteiger partial charge in [-0.3, -0.25) is 4.79 Å². The average molecular weight is 387 g/mol. The maximum absolute atomic E-state index is 11.9. The standard InChI is InChI=1S/C15H18N4O4S.ClH/c16-12(20)9-24(21,22)11-5-3-10(4-6-11)13-18-14(19-23-13)15(17)7-1-2-8-15;/h3-6H,1-2,7-9,17H2,(H2,16,20);1H. The third-order valence-electron chi connectivity index (χ3n) is 4.16. The highest BCUT2D eigenvalue weighted by atomic mass is 35.5. The Morgan fingerprint density at radius 3 is 2.36 bits per heavy atom. The Morgan fingerprint density at radius 1 is 1.20 bits per heavy atom. The lowest BCUT2D eigenvalue weighted by atomic mass is 9.99. The van der Waals surface area contributed by atoms with Crippen LogP contribution >= 0.6 is 12.4 Å². The van der Waals surface area contributed by atoms with Crippen LogP contribution in [0.3, 0.4) is 0 Å². The van der Waals surface area contributed by atoms with Gasteiger partial charge in [0, 0.05) is 5.56 Å². The second kappa shape index (κ2) is 7.11. The van der Waals surface area contributed by atoms with E-state index < -0.39 is 27.0 Å². The highest BCUT2D eigenvalue weighted by Gasteiger charge is 2.36. The second-order valence-electron chi connectivity index (χ2n) is 6.04. The molecule has 0 bridgehead atoms. The van der Waals surface area contributed by atoms with E-state index in [4.69, 9.17) is 16.0 Å². The Bertz CT molecular complexity index is 858. The lowest BCUT2D eigenvalue weighted by Gasteiger charge is -2.17. The molecule has 0 saturated heterocycles. The number of nitrogens with two attached hydrogens (primary N) is 2. The van der Waals surface area contributed by atoms with E-state index in [2.05, 4.69) is 10.1 Å². The zero-order chi connectivity index (χ0) is 17.4. The largest absolute Gasteiger partial charge is 0.369 e. The van der Waals surface area contributed by atoms with Gasteiger partial charge in [0.1, 0.15) is 5.75 Å². The van der Waals surface area contributed by atoms with E-state index in [-0.39, 0.29) is 23.2 Å². The summed E-state index contributed by atoms with van der Waals surface area (Å²) in [5.41, 5.74) is 11.3. The molecule has 1 fully saturated rings. The van der Waals surface area contributed by atoms with E-state index in [1.165, 1.54) is 12.1 Å². The molecule has 0 radical (unpaired) electrons. The summed E-state index contributed by atoms with van der Waals surface area (Å²) in [4.78, 5) is 15.2. The van der Waals surface area contributed by atoms with Crippen molar-refractivity contribution in [2.75, 3.05) is 5.75 Å². The van der Waals surface area contributed by atoms with Crippen LogP contribution in [0.15, 0.2) is 33.7 Å². The summed E-state index contributed by atoms with van der Waals surface area (Å²) in [6.45, 7) is 0. The molecule has 0 unspecified atom stereocenters. The molecule has 1 amide bonds. The zero-order valence-electron chi connectivity index (χ0n) is 13.3. The van der Waals surface area contributed by atoms with Crippen molar-refractivity contribution in [3.63, 3.8) is 0 Å². The lowest BCUT2D eigenvalue weighted by molar-refractivity contribution is -0.115. The molecule has 3 rings (SSSR count). The summed E-state index contributed by atoms with van der Waals surface area (Å²) in [5.74, 6) is -0.876. The fraction of sp³-hybridized carbons (Fsp3) is 0.400. The second-order valence-corrected chi connectivity index (χ2v) is 8.03. The van der Waals surface area contributed by atoms with E-state index in [1.807, 2.05) is 0 Å². The first-order valence-corrected chi connectivity index (χ1v) is 9.20. The molecule has 25 heavy (non-hydrogen) atoms. The van der Waals surface area contributed by atoms with Crippen LogP contribution in [0.4, 0.5) is 0 Å². The lowest BCUT2D eigenvalue weighted by Crippen LogP contribution is -2.34. The molecule has 1 saturated carbocycles. The smallest absolute Gasteiger partial charge is 0.257 e. The number of halogens is 1. The van der Waals surface area contributed by atoms with Gasteiger partial charge in [-0.05, 0) is 37.1 Å². The summed E-state index contributed by atoms with van der Waals surface area (Å²) in [6, 6.07) is 5.85. The van der Waals surface area contributed by atoms with Crippen molar-refractivity contribution < 1.29 is 17.7 Å². The molecule has 0 spiro atoms. The van der Waals surface area contributed by atoms with Gasteiger partial charge in [0.25, 0.3) is 5.89 Å². The summed E-state index contributed by atoms with van der Waals surface area (Å²) in [6.07, 6.45) is 3.70. The van der Waals surface area contributed by atoms with E-state index in [0.29, 0.717) is 11.4 Å². The summed E-state index contributed by atoms with van der Waals surface area (Å²) < 4.78 is 29.1. The maximum atomic E-state index is 11.9. The molecule has 1 heterocycles. The van der Waals surface area contributed by atoms with Gasteiger partial charge in [0.2, 0.25) is 5.91 Å². The van der Waals surface area contributed by atoms with Crippen molar-refractivity contribution >= 4 is 28.2 Å².